The van der Waals surface area contributed by atoms with Crippen molar-refractivity contribution in [1.29, 1.82) is 0 Å². The fraction of sp³-hybridized carbons (Fsp3) is 0.556. The van der Waals surface area contributed by atoms with E-state index in [9.17, 15) is 14.0 Å². The number of quaternary nitrogens is 1. The van der Waals surface area contributed by atoms with Crippen LogP contribution in [0.1, 0.15) is 12.8 Å². The molecule has 1 aromatic carbocycles. The molecule has 2 fully saturated rings. The molecule has 3 amide bonds. The van der Waals surface area contributed by atoms with Gasteiger partial charge in [-0.2, -0.15) is 0 Å². The number of hydrogen-bond donors (Lipinski definition) is 3. The average molecular weight is 365 g/mol. The van der Waals surface area contributed by atoms with Crippen molar-refractivity contribution >= 4 is 17.6 Å². The Hall–Kier alpha value is -2.19. The molecule has 2 aliphatic heterocycles. The van der Waals surface area contributed by atoms with E-state index in [4.69, 9.17) is 4.74 Å². The summed E-state index contributed by atoms with van der Waals surface area (Å²) in [5.74, 6) is -0.497. The average Bonchev–Trinajstić information content (AvgIpc) is 3.00. The van der Waals surface area contributed by atoms with Crippen molar-refractivity contribution in [3.8, 4) is 0 Å². The predicted octanol–water partition coefficient (Wildman–Crippen LogP) is -0.465. The summed E-state index contributed by atoms with van der Waals surface area (Å²) in [7, 11) is 0. The number of anilines is 1. The molecule has 8 heteroatoms. The van der Waals surface area contributed by atoms with E-state index in [2.05, 4.69) is 10.6 Å². The van der Waals surface area contributed by atoms with Gasteiger partial charge in [0.15, 0.2) is 0 Å². The molecule has 0 unspecified atom stereocenters. The van der Waals surface area contributed by atoms with Crippen molar-refractivity contribution in [2.45, 2.75) is 18.9 Å². The number of hydrogen-bond acceptors (Lipinski definition) is 3. The Kier molecular flexibility index (Phi) is 6.40. The van der Waals surface area contributed by atoms with E-state index in [0.717, 1.165) is 39.3 Å². The minimum atomic E-state index is -0.383. The van der Waals surface area contributed by atoms with Crippen molar-refractivity contribution in [3.63, 3.8) is 0 Å². The van der Waals surface area contributed by atoms with Gasteiger partial charge in [0.2, 0.25) is 5.91 Å². The van der Waals surface area contributed by atoms with Crippen molar-refractivity contribution in [3.05, 3.63) is 30.1 Å². The molecule has 7 nitrogen and oxygen atoms in total. The molecular weight excluding hydrogens is 339 g/mol. The van der Waals surface area contributed by atoms with Gasteiger partial charge in [-0.3, -0.25) is 4.79 Å². The number of amides is 3. The monoisotopic (exact) mass is 365 g/mol. The van der Waals surface area contributed by atoms with Crippen molar-refractivity contribution in [2.24, 2.45) is 0 Å². The Morgan fingerprint density at radius 1 is 1.35 bits per heavy atom. The Morgan fingerprint density at radius 3 is 2.92 bits per heavy atom. The van der Waals surface area contributed by atoms with E-state index >= 15 is 0 Å². The number of urea groups is 1. The fourth-order valence-electron chi connectivity index (χ4n) is 3.38. The molecule has 3 rings (SSSR count). The van der Waals surface area contributed by atoms with Crippen molar-refractivity contribution < 1.29 is 23.6 Å². The lowest BCUT2D eigenvalue weighted by Gasteiger charge is -2.23. The van der Waals surface area contributed by atoms with Crippen LogP contribution >= 0.6 is 0 Å². The molecule has 2 aliphatic rings. The van der Waals surface area contributed by atoms with Crippen LogP contribution in [0.3, 0.4) is 0 Å². The maximum absolute atomic E-state index is 13.3. The van der Waals surface area contributed by atoms with Crippen LogP contribution in [-0.2, 0) is 9.53 Å². The van der Waals surface area contributed by atoms with E-state index in [0.29, 0.717) is 18.8 Å². The van der Waals surface area contributed by atoms with E-state index in [1.807, 2.05) is 0 Å². The van der Waals surface area contributed by atoms with Crippen LogP contribution in [0.4, 0.5) is 14.9 Å². The molecule has 2 heterocycles. The largest absolute Gasteiger partial charge is 0.370 e. The molecule has 2 saturated heterocycles. The van der Waals surface area contributed by atoms with Gasteiger partial charge in [-0.15, -0.1) is 0 Å². The van der Waals surface area contributed by atoms with Crippen LogP contribution in [-0.4, -0.2) is 63.9 Å². The van der Waals surface area contributed by atoms with Gasteiger partial charge < -0.3 is 25.2 Å². The molecular formula is C18H26FN4O3+. The maximum atomic E-state index is 13.3. The minimum absolute atomic E-state index is 0.114. The van der Waals surface area contributed by atoms with Gasteiger partial charge in [-0.1, -0.05) is 6.07 Å². The third-order valence-electron chi connectivity index (χ3n) is 4.77. The van der Waals surface area contributed by atoms with Gasteiger partial charge in [-0.05, 0) is 18.2 Å². The Bertz CT molecular complexity index is 637. The lowest BCUT2D eigenvalue weighted by molar-refractivity contribution is -0.908. The summed E-state index contributed by atoms with van der Waals surface area (Å²) in [6.45, 7) is 5.62. The quantitative estimate of drug-likeness (QED) is 0.597. The first kappa shape index (κ1) is 18.6. The Balaban J connectivity index is 1.37. The van der Waals surface area contributed by atoms with Crippen LogP contribution in [0.5, 0.6) is 0 Å². The fourth-order valence-corrected chi connectivity index (χ4v) is 3.38. The summed E-state index contributed by atoms with van der Waals surface area (Å²) in [5, 5.41) is 5.67. The van der Waals surface area contributed by atoms with Crippen molar-refractivity contribution in [2.75, 3.05) is 50.8 Å². The SMILES string of the molecule is O=C(NCCC[NH+]1CCOCC1)N[C@@H]1CC(=O)N(c2cccc(F)c2)C1. The van der Waals surface area contributed by atoms with E-state index in [1.54, 1.807) is 12.1 Å². The van der Waals surface area contributed by atoms with E-state index < -0.39 is 0 Å². The van der Waals surface area contributed by atoms with Gasteiger partial charge in [0.05, 0.1) is 25.8 Å². The van der Waals surface area contributed by atoms with Gasteiger partial charge in [-0.25, -0.2) is 9.18 Å². The maximum Gasteiger partial charge on any atom is 0.315 e. The smallest absolute Gasteiger partial charge is 0.315 e. The number of carbonyl (C=O) groups excluding carboxylic acids is 2. The molecule has 0 aromatic heterocycles. The second-order valence-corrected chi connectivity index (χ2v) is 6.75. The Morgan fingerprint density at radius 2 is 2.15 bits per heavy atom. The standard InChI is InChI=1S/C18H25FN4O3/c19-14-3-1-4-16(11-14)23-13-15(12-17(23)24)21-18(25)20-5-2-6-22-7-9-26-10-8-22/h1,3-4,11,15H,2,5-10,12-13H2,(H2,20,21,25)/p+1/t15-/m1/s1. The van der Waals surface area contributed by atoms with Gasteiger partial charge in [0, 0.05) is 31.6 Å². The number of nitrogens with zero attached hydrogens (tertiary/aromatic N) is 1. The van der Waals surface area contributed by atoms with Gasteiger partial charge >= 0.3 is 6.03 Å². The van der Waals surface area contributed by atoms with Crippen LogP contribution in [0.2, 0.25) is 0 Å². The summed E-state index contributed by atoms with van der Waals surface area (Å²) in [6, 6.07) is 5.40. The molecule has 0 radical (unpaired) electrons. The van der Waals surface area contributed by atoms with E-state index in [-0.39, 0.29) is 30.2 Å². The summed E-state index contributed by atoms with van der Waals surface area (Å²) < 4.78 is 18.7. The number of benzene rings is 1. The number of carbonyl (C=O) groups is 2. The highest BCUT2D eigenvalue weighted by molar-refractivity contribution is 5.96. The van der Waals surface area contributed by atoms with Crippen LogP contribution in [0.15, 0.2) is 24.3 Å². The Labute approximate surface area is 152 Å². The summed E-state index contributed by atoms with van der Waals surface area (Å²) in [6.07, 6.45) is 1.13. The van der Waals surface area contributed by atoms with Crippen molar-refractivity contribution in [1.82, 2.24) is 10.6 Å². The lowest BCUT2D eigenvalue weighted by Crippen LogP contribution is -3.14. The molecule has 142 valence electrons. The third-order valence-corrected chi connectivity index (χ3v) is 4.77. The van der Waals surface area contributed by atoms with Crippen LogP contribution in [0, 0.1) is 5.82 Å². The first-order valence-corrected chi connectivity index (χ1v) is 9.13. The lowest BCUT2D eigenvalue weighted by atomic mass is 10.2. The zero-order chi connectivity index (χ0) is 18.4. The summed E-state index contributed by atoms with van der Waals surface area (Å²) in [5.41, 5.74) is 0.521. The second kappa shape index (κ2) is 8.95. The molecule has 0 spiro atoms. The molecule has 1 atom stereocenters. The molecule has 0 bridgehead atoms. The zero-order valence-corrected chi connectivity index (χ0v) is 14.8. The summed E-state index contributed by atoms with van der Waals surface area (Å²) in [4.78, 5) is 27.2. The number of rotatable bonds is 6. The van der Waals surface area contributed by atoms with E-state index in [1.165, 1.54) is 21.9 Å². The van der Waals surface area contributed by atoms with Crippen LogP contribution < -0.4 is 20.4 Å². The molecule has 3 N–H and O–H groups in total. The number of nitrogens with one attached hydrogen (secondary N) is 3. The summed E-state index contributed by atoms with van der Waals surface area (Å²) >= 11 is 0. The highest BCUT2D eigenvalue weighted by atomic mass is 19.1. The topological polar surface area (TPSA) is 75.1 Å². The molecule has 0 aliphatic carbocycles. The molecule has 0 saturated carbocycles. The molecule has 26 heavy (non-hydrogen) atoms. The highest BCUT2D eigenvalue weighted by Gasteiger charge is 2.31. The number of halogens is 1. The predicted molar refractivity (Wildman–Crippen MR) is 94.7 cm³/mol. The van der Waals surface area contributed by atoms with Gasteiger partial charge in [0.1, 0.15) is 18.9 Å². The zero-order valence-electron chi connectivity index (χ0n) is 14.8. The number of morpholine rings is 1. The van der Waals surface area contributed by atoms with Crippen LogP contribution in [0.25, 0.3) is 0 Å². The molecule has 1 aromatic rings. The van der Waals surface area contributed by atoms with Gasteiger partial charge in [0.25, 0.3) is 0 Å². The third kappa shape index (κ3) is 5.15. The normalized spacial score (nSPS) is 21.0. The first-order chi connectivity index (χ1) is 12.6. The highest BCUT2D eigenvalue weighted by Crippen LogP contribution is 2.22. The minimum Gasteiger partial charge on any atom is -0.370 e. The second-order valence-electron chi connectivity index (χ2n) is 6.75. The first-order valence-electron chi connectivity index (χ1n) is 9.13. The number of ether oxygens (including phenoxy) is 1.